The first-order chi connectivity index (χ1) is 14.5. The summed E-state index contributed by atoms with van der Waals surface area (Å²) in [4.78, 5) is 26.3. The van der Waals surface area contributed by atoms with E-state index in [1.165, 1.54) is 6.07 Å². The number of primary amides is 1. The predicted octanol–water partition coefficient (Wildman–Crippen LogP) is 3.34. The lowest BCUT2D eigenvalue weighted by Gasteiger charge is -2.34. The summed E-state index contributed by atoms with van der Waals surface area (Å²) in [5.74, 6) is -2.36. The molecule has 5 N–H and O–H groups in total. The van der Waals surface area contributed by atoms with Crippen molar-refractivity contribution in [3.05, 3.63) is 63.4 Å². The molecule has 4 rings (SSSR count). The molecule has 2 aliphatic rings. The summed E-state index contributed by atoms with van der Waals surface area (Å²) in [6, 6.07) is 8.64. The molecular weight excluding hydrogens is 440 g/mol. The lowest BCUT2D eigenvalue weighted by molar-refractivity contribution is -0.695. The van der Waals surface area contributed by atoms with Crippen LogP contribution in [0.3, 0.4) is 0 Å². The van der Waals surface area contributed by atoms with Gasteiger partial charge in [0.15, 0.2) is 6.04 Å². The number of halogens is 3. The van der Waals surface area contributed by atoms with Gasteiger partial charge in [-0.2, -0.15) is 0 Å². The molecule has 2 aliphatic heterocycles. The molecule has 2 aromatic carbocycles. The Morgan fingerprint density at radius 1 is 1.26 bits per heavy atom. The number of benzene rings is 2. The van der Waals surface area contributed by atoms with Gasteiger partial charge in [-0.15, -0.1) is 0 Å². The monoisotopic (exact) mass is 464 g/mol. The van der Waals surface area contributed by atoms with Crippen LogP contribution in [-0.4, -0.2) is 23.9 Å². The van der Waals surface area contributed by atoms with Crippen molar-refractivity contribution < 1.29 is 19.3 Å². The molecule has 1 saturated heterocycles. The first-order valence-electron chi connectivity index (χ1n) is 10.2. The highest BCUT2D eigenvalue weighted by molar-refractivity contribution is 6.31. The van der Waals surface area contributed by atoms with Crippen LogP contribution < -0.4 is 16.4 Å². The van der Waals surface area contributed by atoms with Crippen molar-refractivity contribution in [3.8, 4) is 0 Å². The van der Waals surface area contributed by atoms with E-state index in [1.807, 2.05) is 5.32 Å². The maximum atomic E-state index is 15.3. The number of carbonyl (C=O) groups excluding carboxylic acids is 2. The smallest absolute Gasteiger partial charge is 0.276 e. The number of nitrogens with one attached hydrogen (secondary N) is 1. The standard InChI is InChI=1S/C23H24Cl2FN3O2/c1-22(2,3)10-16-23(13-8-7-11(24)9-15(13)28-21(23)31)17(19(29-16)20(27)30)12-5-4-6-14(25)18(12)26/h4-9,16-17,19,29H,10H2,1-3H3,(H2,27,30)(H,28,31)/p+1/t16-,17-,19-,23-/m1/s1. The van der Waals surface area contributed by atoms with Gasteiger partial charge in [0.1, 0.15) is 17.3 Å². The van der Waals surface area contributed by atoms with E-state index in [-0.39, 0.29) is 28.0 Å². The van der Waals surface area contributed by atoms with E-state index in [1.54, 1.807) is 30.3 Å². The highest BCUT2D eigenvalue weighted by Crippen LogP contribution is 2.54. The van der Waals surface area contributed by atoms with Crippen LogP contribution in [0.4, 0.5) is 10.1 Å². The SMILES string of the molecule is CC(C)(C)C[C@H]1[NH2+][C@@H](C(N)=O)[C@@H](c2cccc(Cl)c2F)[C@]12C(=O)Nc1cc(Cl)ccc12. The normalized spacial score (nSPS) is 27.4. The largest absolute Gasteiger partial charge is 0.364 e. The van der Waals surface area contributed by atoms with Crippen molar-refractivity contribution in [1.29, 1.82) is 0 Å². The summed E-state index contributed by atoms with van der Waals surface area (Å²) < 4.78 is 15.3. The minimum atomic E-state index is -1.21. The third-order valence-electron chi connectivity index (χ3n) is 6.40. The summed E-state index contributed by atoms with van der Waals surface area (Å²) in [5.41, 5.74) is 5.91. The Bertz CT molecular complexity index is 1080. The molecule has 5 nitrogen and oxygen atoms in total. The van der Waals surface area contributed by atoms with Crippen LogP contribution in [0.5, 0.6) is 0 Å². The summed E-state index contributed by atoms with van der Waals surface area (Å²) >= 11 is 12.3. The van der Waals surface area contributed by atoms with Crippen molar-refractivity contribution in [2.75, 3.05) is 5.32 Å². The zero-order chi connectivity index (χ0) is 22.7. The summed E-state index contributed by atoms with van der Waals surface area (Å²) in [7, 11) is 0. The Hall–Kier alpha value is -2.15. The number of hydrogen-bond donors (Lipinski definition) is 3. The van der Waals surface area contributed by atoms with Crippen LogP contribution in [0.25, 0.3) is 0 Å². The van der Waals surface area contributed by atoms with Gasteiger partial charge in [-0.25, -0.2) is 4.39 Å². The van der Waals surface area contributed by atoms with Crippen LogP contribution in [-0.2, 0) is 15.0 Å². The molecule has 2 aromatic rings. The molecule has 8 heteroatoms. The van der Waals surface area contributed by atoms with Crippen molar-refractivity contribution in [3.63, 3.8) is 0 Å². The second-order valence-corrected chi connectivity index (χ2v) is 10.5. The van der Waals surface area contributed by atoms with Crippen molar-refractivity contribution in [2.45, 2.75) is 50.6 Å². The number of quaternary nitrogens is 1. The van der Waals surface area contributed by atoms with E-state index in [0.29, 0.717) is 22.7 Å². The molecule has 2 amide bonds. The Balaban J connectivity index is 2.04. The molecule has 0 unspecified atom stereocenters. The van der Waals surface area contributed by atoms with Crippen LogP contribution in [0, 0.1) is 11.2 Å². The molecule has 164 valence electrons. The highest BCUT2D eigenvalue weighted by Gasteiger charge is 2.69. The van der Waals surface area contributed by atoms with Gasteiger partial charge in [0.25, 0.3) is 5.91 Å². The first kappa shape index (κ1) is 22.1. The Morgan fingerprint density at radius 2 is 1.97 bits per heavy atom. The zero-order valence-corrected chi connectivity index (χ0v) is 19.0. The second-order valence-electron chi connectivity index (χ2n) is 9.63. The van der Waals surface area contributed by atoms with Crippen molar-refractivity contribution >= 4 is 40.7 Å². The summed E-state index contributed by atoms with van der Waals surface area (Å²) in [5, 5.41) is 5.17. The highest BCUT2D eigenvalue weighted by atomic mass is 35.5. The van der Waals surface area contributed by atoms with E-state index < -0.39 is 29.1 Å². The van der Waals surface area contributed by atoms with Gasteiger partial charge in [-0.3, -0.25) is 9.59 Å². The number of amides is 2. The molecule has 4 atom stereocenters. The van der Waals surface area contributed by atoms with Gasteiger partial charge in [-0.05, 0) is 29.2 Å². The third kappa shape index (κ3) is 3.41. The molecule has 0 saturated carbocycles. The van der Waals surface area contributed by atoms with Crippen LogP contribution in [0.2, 0.25) is 10.0 Å². The molecule has 0 aliphatic carbocycles. The van der Waals surface area contributed by atoms with E-state index in [0.717, 1.165) is 0 Å². The number of carbonyl (C=O) groups is 2. The van der Waals surface area contributed by atoms with E-state index in [2.05, 4.69) is 26.1 Å². The number of anilines is 1. The molecule has 0 bridgehead atoms. The molecular formula is C23H25Cl2FN3O2+. The van der Waals surface area contributed by atoms with E-state index >= 15 is 4.39 Å². The molecule has 0 radical (unpaired) electrons. The van der Waals surface area contributed by atoms with Gasteiger partial charge < -0.3 is 16.4 Å². The van der Waals surface area contributed by atoms with Crippen LogP contribution >= 0.6 is 23.2 Å². The van der Waals surface area contributed by atoms with Gasteiger partial charge in [0, 0.05) is 22.7 Å². The van der Waals surface area contributed by atoms with Crippen molar-refractivity contribution in [2.24, 2.45) is 11.1 Å². The van der Waals surface area contributed by atoms with Gasteiger partial charge in [0.05, 0.1) is 10.9 Å². The lowest BCUT2D eigenvalue weighted by atomic mass is 9.62. The topological polar surface area (TPSA) is 88.8 Å². The molecule has 2 heterocycles. The number of fused-ring (bicyclic) bond motifs is 2. The van der Waals surface area contributed by atoms with Crippen LogP contribution in [0.15, 0.2) is 36.4 Å². The maximum Gasteiger partial charge on any atom is 0.276 e. The maximum absolute atomic E-state index is 15.3. The fourth-order valence-electron chi connectivity index (χ4n) is 5.38. The molecule has 0 aromatic heterocycles. The summed E-state index contributed by atoms with van der Waals surface area (Å²) in [6.45, 7) is 6.20. The van der Waals surface area contributed by atoms with E-state index in [9.17, 15) is 9.59 Å². The summed E-state index contributed by atoms with van der Waals surface area (Å²) in [6.07, 6.45) is 0.602. The Morgan fingerprint density at radius 3 is 2.61 bits per heavy atom. The first-order valence-corrected chi connectivity index (χ1v) is 10.9. The Labute approximate surface area is 190 Å². The lowest BCUT2D eigenvalue weighted by Crippen LogP contribution is -2.95. The van der Waals surface area contributed by atoms with Crippen LogP contribution in [0.1, 0.15) is 44.2 Å². The number of hydrogen-bond acceptors (Lipinski definition) is 2. The second kappa shape index (κ2) is 7.47. The van der Waals surface area contributed by atoms with Gasteiger partial charge in [-0.1, -0.05) is 62.2 Å². The fourth-order valence-corrected chi connectivity index (χ4v) is 5.73. The van der Waals surface area contributed by atoms with Gasteiger partial charge in [0.2, 0.25) is 5.91 Å². The third-order valence-corrected chi connectivity index (χ3v) is 6.93. The molecule has 1 spiro atoms. The fraction of sp³-hybridized carbons (Fsp3) is 0.391. The van der Waals surface area contributed by atoms with Gasteiger partial charge >= 0.3 is 0 Å². The molecule has 1 fully saturated rings. The average Bonchev–Trinajstić information content (AvgIpc) is 3.12. The van der Waals surface area contributed by atoms with Crippen molar-refractivity contribution in [1.82, 2.24) is 0 Å². The minimum absolute atomic E-state index is 0.0649. The minimum Gasteiger partial charge on any atom is -0.364 e. The van der Waals surface area contributed by atoms with E-state index in [4.69, 9.17) is 28.9 Å². The zero-order valence-electron chi connectivity index (χ0n) is 17.5. The quantitative estimate of drug-likeness (QED) is 0.649. The Kier molecular flexibility index (Phi) is 5.31. The predicted molar refractivity (Wildman–Crippen MR) is 119 cm³/mol. The average molecular weight is 465 g/mol. The number of nitrogens with two attached hydrogens (primary N) is 2. The number of rotatable bonds is 3. The molecule has 31 heavy (non-hydrogen) atoms.